The van der Waals surface area contributed by atoms with E-state index >= 15 is 0 Å². The Morgan fingerprint density at radius 3 is 2.68 bits per heavy atom. The van der Waals surface area contributed by atoms with Crippen LogP contribution in [0.5, 0.6) is 0 Å². The van der Waals surface area contributed by atoms with Gasteiger partial charge in [0.25, 0.3) is 0 Å². The molecule has 1 aromatic heterocycles. The number of anilines is 1. The van der Waals surface area contributed by atoms with E-state index in [1.165, 1.54) is 5.56 Å². The summed E-state index contributed by atoms with van der Waals surface area (Å²) in [5, 5.41) is 3.28. The molecule has 0 fully saturated rings. The molecule has 4 heteroatoms. The third-order valence-electron chi connectivity index (χ3n) is 3.05. The first kappa shape index (κ1) is 11.7. The average Bonchev–Trinajstić information content (AvgIpc) is 2.88. The molecule has 3 rings (SSSR count). The SMILES string of the molecule is c1ccc(CN2CCN=C2Nc2ccccn2)cc1. The van der Waals surface area contributed by atoms with Crippen LogP contribution in [0.25, 0.3) is 0 Å². The van der Waals surface area contributed by atoms with Gasteiger partial charge < -0.3 is 10.2 Å². The Balaban J connectivity index is 1.68. The Morgan fingerprint density at radius 2 is 1.89 bits per heavy atom. The predicted molar refractivity (Wildman–Crippen MR) is 77.0 cm³/mol. The van der Waals surface area contributed by atoms with E-state index in [1.54, 1.807) is 6.20 Å². The summed E-state index contributed by atoms with van der Waals surface area (Å²) in [6, 6.07) is 16.3. The number of rotatable bonds is 3. The number of pyridine rings is 1. The van der Waals surface area contributed by atoms with E-state index in [-0.39, 0.29) is 0 Å². The van der Waals surface area contributed by atoms with Gasteiger partial charge in [0.05, 0.1) is 6.54 Å². The lowest BCUT2D eigenvalue weighted by Crippen LogP contribution is -2.32. The standard InChI is InChI=1S/C15H16N4/c1-2-6-13(7-3-1)12-19-11-10-17-15(19)18-14-8-4-5-9-16-14/h1-9H,10-12H2,(H,16,17,18). The summed E-state index contributed by atoms with van der Waals surface area (Å²) in [7, 11) is 0. The molecule has 1 aliphatic rings. The van der Waals surface area contributed by atoms with Crippen molar-refractivity contribution in [3.05, 3.63) is 60.3 Å². The number of nitrogens with zero attached hydrogens (tertiary/aromatic N) is 3. The monoisotopic (exact) mass is 252 g/mol. The number of aromatic nitrogens is 1. The molecule has 0 saturated carbocycles. The molecule has 0 unspecified atom stereocenters. The van der Waals surface area contributed by atoms with Gasteiger partial charge in [-0.05, 0) is 17.7 Å². The molecule has 2 aromatic rings. The fourth-order valence-electron chi connectivity index (χ4n) is 2.11. The van der Waals surface area contributed by atoms with E-state index in [2.05, 4.69) is 44.5 Å². The highest BCUT2D eigenvalue weighted by Crippen LogP contribution is 2.11. The average molecular weight is 252 g/mol. The molecule has 0 amide bonds. The van der Waals surface area contributed by atoms with Crippen molar-refractivity contribution in [2.45, 2.75) is 6.54 Å². The fourth-order valence-corrected chi connectivity index (χ4v) is 2.11. The zero-order valence-corrected chi connectivity index (χ0v) is 10.7. The lowest BCUT2D eigenvalue weighted by Gasteiger charge is -2.20. The second-order valence-electron chi connectivity index (χ2n) is 4.45. The Morgan fingerprint density at radius 1 is 1.05 bits per heavy atom. The van der Waals surface area contributed by atoms with Gasteiger partial charge in [0, 0.05) is 19.3 Å². The molecular formula is C15H16N4. The third kappa shape index (κ3) is 2.91. The van der Waals surface area contributed by atoms with Crippen molar-refractivity contribution in [1.29, 1.82) is 0 Å². The Hall–Kier alpha value is -2.36. The molecule has 0 spiro atoms. The van der Waals surface area contributed by atoms with Crippen LogP contribution in [-0.2, 0) is 6.54 Å². The lowest BCUT2D eigenvalue weighted by molar-refractivity contribution is 0.451. The summed E-state index contributed by atoms with van der Waals surface area (Å²) >= 11 is 0. The van der Waals surface area contributed by atoms with Crippen LogP contribution in [0.15, 0.2) is 59.7 Å². The molecule has 0 atom stereocenters. The van der Waals surface area contributed by atoms with Crippen LogP contribution in [0.1, 0.15) is 5.56 Å². The zero-order chi connectivity index (χ0) is 12.9. The molecule has 0 aliphatic carbocycles. The minimum Gasteiger partial charge on any atom is -0.336 e. The van der Waals surface area contributed by atoms with E-state index in [4.69, 9.17) is 0 Å². The second kappa shape index (κ2) is 5.52. The summed E-state index contributed by atoms with van der Waals surface area (Å²) in [4.78, 5) is 11.0. The second-order valence-corrected chi connectivity index (χ2v) is 4.45. The van der Waals surface area contributed by atoms with Crippen molar-refractivity contribution in [2.24, 2.45) is 4.99 Å². The first-order valence-corrected chi connectivity index (χ1v) is 6.43. The van der Waals surface area contributed by atoms with Crippen LogP contribution in [0, 0.1) is 0 Å². The maximum Gasteiger partial charge on any atom is 0.200 e. The third-order valence-corrected chi connectivity index (χ3v) is 3.05. The number of hydrogen-bond donors (Lipinski definition) is 1. The highest BCUT2D eigenvalue weighted by Gasteiger charge is 2.17. The number of nitrogens with one attached hydrogen (secondary N) is 1. The lowest BCUT2D eigenvalue weighted by atomic mass is 10.2. The van der Waals surface area contributed by atoms with Crippen molar-refractivity contribution in [3.8, 4) is 0 Å². The summed E-state index contributed by atoms with van der Waals surface area (Å²) in [6.45, 7) is 2.66. The molecule has 19 heavy (non-hydrogen) atoms. The molecule has 0 radical (unpaired) electrons. The molecule has 0 saturated heterocycles. The summed E-state index contributed by atoms with van der Waals surface area (Å²) < 4.78 is 0. The van der Waals surface area contributed by atoms with Crippen LogP contribution in [0.4, 0.5) is 5.82 Å². The summed E-state index contributed by atoms with van der Waals surface area (Å²) in [5.41, 5.74) is 1.29. The van der Waals surface area contributed by atoms with E-state index in [0.717, 1.165) is 31.4 Å². The zero-order valence-electron chi connectivity index (χ0n) is 10.7. The van der Waals surface area contributed by atoms with Crippen LogP contribution < -0.4 is 5.32 Å². The molecular weight excluding hydrogens is 236 g/mol. The van der Waals surface area contributed by atoms with E-state index in [9.17, 15) is 0 Å². The van der Waals surface area contributed by atoms with E-state index in [1.807, 2.05) is 24.3 Å². The molecule has 1 aromatic carbocycles. The van der Waals surface area contributed by atoms with Gasteiger partial charge >= 0.3 is 0 Å². The first-order chi connectivity index (χ1) is 9.42. The number of hydrogen-bond acceptors (Lipinski definition) is 4. The summed E-state index contributed by atoms with van der Waals surface area (Å²) in [5.74, 6) is 1.74. The van der Waals surface area contributed by atoms with Crippen molar-refractivity contribution >= 4 is 11.8 Å². The topological polar surface area (TPSA) is 40.5 Å². The van der Waals surface area contributed by atoms with Gasteiger partial charge in [-0.25, -0.2) is 4.98 Å². The first-order valence-electron chi connectivity index (χ1n) is 6.43. The smallest absolute Gasteiger partial charge is 0.200 e. The molecule has 96 valence electrons. The normalized spacial score (nSPS) is 14.3. The highest BCUT2D eigenvalue weighted by atomic mass is 15.3. The Kier molecular flexibility index (Phi) is 3.40. The molecule has 0 bridgehead atoms. The van der Waals surface area contributed by atoms with Crippen molar-refractivity contribution in [3.63, 3.8) is 0 Å². The van der Waals surface area contributed by atoms with E-state index in [0.29, 0.717) is 0 Å². The summed E-state index contributed by atoms with van der Waals surface area (Å²) in [6.07, 6.45) is 1.78. The molecule has 2 heterocycles. The quantitative estimate of drug-likeness (QED) is 0.911. The van der Waals surface area contributed by atoms with Gasteiger partial charge in [-0.15, -0.1) is 0 Å². The maximum absolute atomic E-state index is 4.50. The molecule has 1 aliphatic heterocycles. The molecule has 4 nitrogen and oxygen atoms in total. The van der Waals surface area contributed by atoms with Gasteiger partial charge in [-0.1, -0.05) is 36.4 Å². The van der Waals surface area contributed by atoms with Gasteiger partial charge in [0.15, 0.2) is 5.96 Å². The van der Waals surface area contributed by atoms with Gasteiger partial charge in [0.2, 0.25) is 0 Å². The van der Waals surface area contributed by atoms with Crippen LogP contribution in [0.3, 0.4) is 0 Å². The predicted octanol–water partition coefficient (Wildman–Crippen LogP) is 2.37. The Bertz CT molecular complexity index is 551. The minimum absolute atomic E-state index is 0.834. The number of guanidine groups is 1. The van der Waals surface area contributed by atoms with Crippen LogP contribution >= 0.6 is 0 Å². The van der Waals surface area contributed by atoms with Crippen molar-refractivity contribution in [1.82, 2.24) is 9.88 Å². The molecule has 1 N–H and O–H groups in total. The maximum atomic E-state index is 4.50. The largest absolute Gasteiger partial charge is 0.336 e. The minimum atomic E-state index is 0.834. The highest BCUT2D eigenvalue weighted by molar-refractivity contribution is 5.93. The van der Waals surface area contributed by atoms with Crippen molar-refractivity contribution in [2.75, 3.05) is 18.4 Å². The fraction of sp³-hybridized carbons (Fsp3) is 0.200. The van der Waals surface area contributed by atoms with Gasteiger partial charge in [0.1, 0.15) is 5.82 Å². The number of benzene rings is 1. The van der Waals surface area contributed by atoms with E-state index < -0.39 is 0 Å². The van der Waals surface area contributed by atoms with Crippen LogP contribution in [-0.4, -0.2) is 28.9 Å². The van der Waals surface area contributed by atoms with Gasteiger partial charge in [-0.3, -0.25) is 4.99 Å². The Labute approximate surface area is 112 Å². The van der Waals surface area contributed by atoms with Gasteiger partial charge in [-0.2, -0.15) is 0 Å². The number of aliphatic imine (C=N–C) groups is 1. The van der Waals surface area contributed by atoms with Crippen molar-refractivity contribution < 1.29 is 0 Å². The van der Waals surface area contributed by atoms with Crippen LogP contribution in [0.2, 0.25) is 0 Å².